The maximum Gasteiger partial charge on any atom is 0.255 e. The summed E-state index contributed by atoms with van der Waals surface area (Å²) in [5.74, 6) is 1.04. The van der Waals surface area contributed by atoms with Crippen LogP contribution in [0.5, 0.6) is 0 Å². The van der Waals surface area contributed by atoms with E-state index in [1.807, 2.05) is 19.1 Å². The molecule has 0 spiro atoms. The molecule has 1 aromatic rings. The van der Waals surface area contributed by atoms with E-state index in [-0.39, 0.29) is 23.5 Å². The van der Waals surface area contributed by atoms with Crippen LogP contribution in [0.15, 0.2) is 18.3 Å². The van der Waals surface area contributed by atoms with Gasteiger partial charge in [0.2, 0.25) is 0 Å². The number of carbonyl (C=O) groups excluding carboxylic acids is 1. The summed E-state index contributed by atoms with van der Waals surface area (Å²) < 4.78 is 23.4. The summed E-state index contributed by atoms with van der Waals surface area (Å²) in [6, 6.07) is 3.50. The van der Waals surface area contributed by atoms with E-state index in [0.29, 0.717) is 18.5 Å². The number of hydrogen-bond acceptors (Lipinski definition) is 5. The molecule has 0 aromatic carbocycles. The maximum absolute atomic E-state index is 12.7. The predicted octanol–water partition coefficient (Wildman–Crippen LogP) is 1.72. The lowest BCUT2D eigenvalue weighted by molar-refractivity contribution is 0.0708. The molecule has 2 fully saturated rings. The van der Waals surface area contributed by atoms with Gasteiger partial charge in [-0.15, -0.1) is 0 Å². The zero-order valence-electron chi connectivity index (χ0n) is 14.1. The van der Waals surface area contributed by atoms with E-state index in [1.54, 1.807) is 11.1 Å². The summed E-state index contributed by atoms with van der Waals surface area (Å²) in [6.07, 6.45) is 5.78. The van der Waals surface area contributed by atoms with Crippen molar-refractivity contribution < 1.29 is 13.2 Å². The summed E-state index contributed by atoms with van der Waals surface area (Å²) in [5.41, 5.74) is 0.530. The Morgan fingerprint density at radius 3 is 2.58 bits per heavy atom. The van der Waals surface area contributed by atoms with Crippen LogP contribution in [0, 0.1) is 0 Å². The third kappa shape index (κ3) is 3.71. The van der Waals surface area contributed by atoms with Gasteiger partial charge in [-0.1, -0.05) is 0 Å². The molecule has 2 aliphatic heterocycles. The molecule has 1 unspecified atom stereocenters. The van der Waals surface area contributed by atoms with Gasteiger partial charge in [0.05, 0.1) is 17.1 Å². The number of nitrogens with zero attached hydrogens (tertiary/aromatic N) is 3. The van der Waals surface area contributed by atoms with Gasteiger partial charge in [-0.2, -0.15) is 0 Å². The molecule has 2 saturated heterocycles. The SMILES string of the molecule is CCN(C(=O)c1ccc(N2CCCCC2)nc1)C1CCS(=O)(=O)C1. The van der Waals surface area contributed by atoms with Crippen LogP contribution in [0.25, 0.3) is 0 Å². The Hall–Kier alpha value is -1.63. The molecule has 1 aromatic heterocycles. The Balaban J connectivity index is 1.71. The fourth-order valence-electron chi connectivity index (χ4n) is 3.58. The third-order valence-electron chi connectivity index (χ3n) is 4.93. The number of rotatable bonds is 4. The highest BCUT2D eigenvalue weighted by atomic mass is 32.2. The first-order valence-electron chi connectivity index (χ1n) is 8.72. The fourth-order valence-corrected chi connectivity index (χ4v) is 5.31. The van der Waals surface area contributed by atoms with Gasteiger partial charge < -0.3 is 9.80 Å². The lowest BCUT2D eigenvalue weighted by Gasteiger charge is -2.28. The smallest absolute Gasteiger partial charge is 0.255 e. The Morgan fingerprint density at radius 1 is 1.29 bits per heavy atom. The van der Waals surface area contributed by atoms with Crippen molar-refractivity contribution in [3.63, 3.8) is 0 Å². The number of aromatic nitrogens is 1. The molecule has 3 rings (SSSR count). The Kier molecular flexibility index (Phi) is 5.08. The zero-order valence-corrected chi connectivity index (χ0v) is 15.0. The number of amides is 1. The molecule has 0 saturated carbocycles. The first-order chi connectivity index (χ1) is 11.5. The van der Waals surface area contributed by atoms with Gasteiger partial charge in [-0.05, 0) is 44.7 Å². The summed E-state index contributed by atoms with van der Waals surface area (Å²) in [5, 5.41) is 0. The van der Waals surface area contributed by atoms with Gasteiger partial charge in [-0.25, -0.2) is 13.4 Å². The summed E-state index contributed by atoms with van der Waals surface area (Å²) in [7, 11) is -3.00. The van der Waals surface area contributed by atoms with Gasteiger partial charge in [0.1, 0.15) is 5.82 Å². The highest BCUT2D eigenvalue weighted by Gasteiger charge is 2.34. The number of pyridine rings is 1. The highest BCUT2D eigenvalue weighted by molar-refractivity contribution is 7.91. The molecule has 0 N–H and O–H groups in total. The molecule has 1 amide bonds. The van der Waals surface area contributed by atoms with E-state index in [0.717, 1.165) is 18.9 Å². The van der Waals surface area contributed by atoms with E-state index >= 15 is 0 Å². The lowest BCUT2D eigenvalue weighted by Crippen LogP contribution is -2.41. The highest BCUT2D eigenvalue weighted by Crippen LogP contribution is 2.21. The molecule has 0 radical (unpaired) electrons. The van der Waals surface area contributed by atoms with Gasteiger partial charge in [0.25, 0.3) is 5.91 Å². The van der Waals surface area contributed by atoms with Crippen molar-refractivity contribution in [3.8, 4) is 0 Å². The molecule has 132 valence electrons. The fraction of sp³-hybridized carbons (Fsp3) is 0.647. The number of piperidine rings is 1. The summed E-state index contributed by atoms with van der Waals surface area (Å²) in [4.78, 5) is 21.1. The second-order valence-electron chi connectivity index (χ2n) is 6.60. The van der Waals surface area contributed by atoms with Crippen LogP contribution < -0.4 is 4.90 Å². The minimum Gasteiger partial charge on any atom is -0.357 e. The first-order valence-corrected chi connectivity index (χ1v) is 10.5. The molecule has 3 heterocycles. The Bertz CT molecular complexity index is 682. The molecule has 0 aliphatic carbocycles. The van der Waals surface area contributed by atoms with Crippen LogP contribution in [0.4, 0.5) is 5.82 Å². The minimum absolute atomic E-state index is 0.0753. The molecule has 0 bridgehead atoms. The summed E-state index contributed by atoms with van der Waals surface area (Å²) in [6.45, 7) is 4.42. The molecular weight excluding hydrogens is 326 g/mol. The Morgan fingerprint density at radius 2 is 2.04 bits per heavy atom. The van der Waals surface area contributed by atoms with Crippen LogP contribution in [0.3, 0.4) is 0 Å². The van der Waals surface area contributed by atoms with Crippen molar-refractivity contribution in [1.29, 1.82) is 0 Å². The van der Waals surface area contributed by atoms with E-state index in [1.165, 1.54) is 19.3 Å². The van der Waals surface area contributed by atoms with Crippen LogP contribution >= 0.6 is 0 Å². The quantitative estimate of drug-likeness (QED) is 0.826. The van der Waals surface area contributed by atoms with Gasteiger partial charge >= 0.3 is 0 Å². The second kappa shape index (κ2) is 7.09. The predicted molar refractivity (Wildman–Crippen MR) is 94.1 cm³/mol. The molecular formula is C17H25N3O3S. The van der Waals surface area contributed by atoms with Crippen LogP contribution in [0.2, 0.25) is 0 Å². The molecule has 6 nitrogen and oxygen atoms in total. The van der Waals surface area contributed by atoms with E-state index in [9.17, 15) is 13.2 Å². The van der Waals surface area contributed by atoms with Gasteiger partial charge in [-0.3, -0.25) is 4.79 Å². The minimum atomic E-state index is -3.00. The normalized spacial score (nSPS) is 23.2. The molecule has 7 heteroatoms. The van der Waals surface area contributed by atoms with E-state index < -0.39 is 9.84 Å². The second-order valence-corrected chi connectivity index (χ2v) is 8.83. The largest absolute Gasteiger partial charge is 0.357 e. The van der Waals surface area contributed by atoms with Gasteiger partial charge in [0.15, 0.2) is 9.84 Å². The maximum atomic E-state index is 12.7. The van der Waals surface area contributed by atoms with E-state index in [2.05, 4.69) is 9.88 Å². The molecule has 24 heavy (non-hydrogen) atoms. The monoisotopic (exact) mass is 351 g/mol. The number of sulfone groups is 1. The number of carbonyl (C=O) groups is 1. The average Bonchev–Trinajstić information content (AvgIpc) is 2.96. The van der Waals surface area contributed by atoms with Crippen molar-refractivity contribution >= 4 is 21.6 Å². The topological polar surface area (TPSA) is 70.6 Å². The van der Waals surface area contributed by atoms with Crippen molar-refractivity contribution in [2.45, 2.75) is 38.6 Å². The van der Waals surface area contributed by atoms with Crippen LogP contribution in [-0.4, -0.2) is 61.4 Å². The van der Waals surface area contributed by atoms with Crippen molar-refractivity contribution in [2.75, 3.05) is 36.0 Å². The van der Waals surface area contributed by atoms with Crippen molar-refractivity contribution in [3.05, 3.63) is 23.9 Å². The lowest BCUT2D eigenvalue weighted by atomic mass is 10.1. The van der Waals surface area contributed by atoms with Gasteiger partial charge in [0, 0.05) is 31.9 Å². The van der Waals surface area contributed by atoms with Crippen molar-refractivity contribution in [2.24, 2.45) is 0 Å². The summed E-state index contributed by atoms with van der Waals surface area (Å²) >= 11 is 0. The number of hydrogen-bond donors (Lipinski definition) is 0. The number of anilines is 1. The average molecular weight is 351 g/mol. The van der Waals surface area contributed by atoms with Crippen molar-refractivity contribution in [1.82, 2.24) is 9.88 Å². The zero-order chi connectivity index (χ0) is 17.2. The standard InChI is InChI=1S/C17H25N3O3S/c1-2-20(15-8-11-24(22,23)13-15)17(21)14-6-7-16(18-12-14)19-9-4-3-5-10-19/h6-7,12,15H,2-5,8-11,13H2,1H3. The van der Waals surface area contributed by atoms with Crippen LogP contribution in [-0.2, 0) is 9.84 Å². The van der Waals surface area contributed by atoms with E-state index in [4.69, 9.17) is 0 Å². The molecule has 1 atom stereocenters. The third-order valence-corrected chi connectivity index (χ3v) is 6.68. The van der Waals surface area contributed by atoms with Crippen LogP contribution in [0.1, 0.15) is 43.0 Å². The Labute approximate surface area is 143 Å². The molecule has 2 aliphatic rings. The first kappa shape index (κ1) is 17.2.